The number of aromatic nitrogens is 3. The van der Waals surface area contributed by atoms with Gasteiger partial charge in [0.15, 0.2) is 0 Å². The molecule has 0 saturated heterocycles. The van der Waals surface area contributed by atoms with Gasteiger partial charge >= 0.3 is 5.82 Å². The molecule has 9 nitrogen and oxygen atoms in total. The number of rotatable bonds is 0. The Morgan fingerprint density at radius 3 is 1.38 bits per heavy atom. The summed E-state index contributed by atoms with van der Waals surface area (Å²) in [7, 11) is 0. The molecule has 3 aromatic heterocycles. The Kier molecular flexibility index (Phi) is 4.94. The maximum atomic E-state index is 10.1. The van der Waals surface area contributed by atoms with Crippen molar-refractivity contribution in [1.82, 2.24) is 15.0 Å². The molecule has 186 valence electrons. The van der Waals surface area contributed by atoms with Gasteiger partial charge in [-0.1, -0.05) is 0 Å². The van der Waals surface area contributed by atoms with Crippen molar-refractivity contribution in [3.8, 4) is 51.6 Å². The molecule has 0 N–H and O–H groups in total. The first-order valence-corrected chi connectivity index (χ1v) is 12.3. The Hall–Kier alpha value is -7.17. The highest BCUT2D eigenvalue weighted by atomic mass is 14.9. The molecule has 3 aliphatic rings. The third kappa shape index (κ3) is 2.76. The van der Waals surface area contributed by atoms with Gasteiger partial charge in [-0.15, -0.1) is 0 Å². The predicted octanol–water partition coefficient (Wildman–Crippen LogP) is 6.42. The van der Waals surface area contributed by atoms with Crippen molar-refractivity contribution < 1.29 is 0 Å². The first-order valence-electron chi connectivity index (χ1n) is 12.3. The van der Waals surface area contributed by atoms with E-state index in [-0.39, 0.29) is 17.1 Å². The van der Waals surface area contributed by atoms with Crippen LogP contribution in [0.1, 0.15) is 33.4 Å². The zero-order valence-corrected chi connectivity index (χ0v) is 21.2. The van der Waals surface area contributed by atoms with E-state index in [0.717, 1.165) is 0 Å². The molecule has 0 amide bonds. The quantitative estimate of drug-likeness (QED) is 0.164. The minimum Gasteiger partial charge on any atom is -0.264 e. The Morgan fingerprint density at radius 1 is 0.524 bits per heavy atom. The number of benzene rings is 1. The fourth-order valence-corrected chi connectivity index (χ4v) is 6.30. The molecular weight excluding hydrogens is 522 g/mol. The van der Waals surface area contributed by atoms with Crippen molar-refractivity contribution in [2.75, 3.05) is 0 Å². The predicted molar refractivity (Wildman–Crippen MR) is 151 cm³/mol. The maximum absolute atomic E-state index is 10.1. The molecule has 1 aromatic carbocycles. The van der Waals surface area contributed by atoms with E-state index in [4.69, 9.17) is 19.7 Å². The third-order valence-corrected chi connectivity index (χ3v) is 7.69. The van der Waals surface area contributed by atoms with Crippen molar-refractivity contribution in [2.24, 2.45) is 0 Å². The third-order valence-electron chi connectivity index (χ3n) is 7.69. The van der Waals surface area contributed by atoms with Crippen LogP contribution in [-0.4, -0.2) is 15.0 Å². The lowest BCUT2D eigenvalue weighted by atomic mass is 9.83. The van der Waals surface area contributed by atoms with Crippen molar-refractivity contribution in [1.29, 1.82) is 15.8 Å². The van der Waals surface area contributed by atoms with Gasteiger partial charge in [0.25, 0.3) is 5.70 Å². The first-order chi connectivity index (χ1) is 20.6. The van der Waals surface area contributed by atoms with E-state index in [0.29, 0.717) is 83.5 Å². The van der Waals surface area contributed by atoms with Crippen molar-refractivity contribution in [3.63, 3.8) is 0 Å². The van der Waals surface area contributed by atoms with E-state index in [1.165, 1.54) is 0 Å². The minimum absolute atomic E-state index is 0.137. The van der Waals surface area contributed by atoms with E-state index in [2.05, 4.69) is 29.5 Å². The lowest BCUT2D eigenvalue weighted by Crippen LogP contribution is -1.99. The summed E-state index contributed by atoms with van der Waals surface area (Å²) in [4.78, 5) is 23.6. The number of hydrogen-bond acceptors (Lipinski definition) is 6. The molecule has 42 heavy (non-hydrogen) atoms. The van der Waals surface area contributed by atoms with Crippen LogP contribution in [0, 0.1) is 53.7 Å². The van der Waals surface area contributed by atoms with Crippen LogP contribution in [0.25, 0.3) is 64.6 Å². The number of allylic oxidation sites excluding steroid dienone is 2. The summed E-state index contributed by atoms with van der Waals surface area (Å²) in [5, 5.41) is 30.3. The number of nitrogens with zero attached hydrogens (tertiary/aromatic N) is 9. The van der Waals surface area contributed by atoms with Crippen LogP contribution >= 0.6 is 0 Å². The van der Waals surface area contributed by atoms with E-state index in [1.807, 2.05) is 18.2 Å². The molecule has 0 spiro atoms. The Morgan fingerprint density at radius 2 is 0.952 bits per heavy atom. The summed E-state index contributed by atoms with van der Waals surface area (Å²) in [6, 6.07) is 11.5. The summed E-state index contributed by atoms with van der Waals surface area (Å²) in [5.41, 5.74) is 8.09. The zero-order chi connectivity index (χ0) is 29.1. The molecule has 0 radical (unpaired) electrons. The molecule has 9 heteroatoms. The second-order valence-electron chi connectivity index (χ2n) is 9.36. The summed E-state index contributed by atoms with van der Waals surface area (Å²) < 4.78 is 0. The maximum Gasteiger partial charge on any atom is 0.527 e. The Balaban J connectivity index is 1.88. The molecule has 0 atom stereocenters. The first kappa shape index (κ1) is 23.9. The number of hydrogen-bond donors (Lipinski definition) is 0. The molecular formula is C33H9N9. The smallest absolute Gasteiger partial charge is 0.264 e. The molecule has 0 bridgehead atoms. The van der Waals surface area contributed by atoms with Crippen molar-refractivity contribution in [3.05, 3.63) is 140 Å². The van der Waals surface area contributed by atoms with Crippen molar-refractivity contribution >= 4 is 16.7 Å². The molecule has 7 rings (SSSR count). The van der Waals surface area contributed by atoms with E-state index in [1.54, 1.807) is 55.4 Å². The second kappa shape index (κ2) is 8.68. The highest BCUT2D eigenvalue weighted by Gasteiger charge is 2.45. The number of pyridine rings is 3. The van der Waals surface area contributed by atoms with Crippen LogP contribution in [0.4, 0.5) is 0 Å². The molecule has 4 aromatic rings. The molecule has 0 saturated carbocycles. The summed E-state index contributed by atoms with van der Waals surface area (Å²) >= 11 is 0. The average Bonchev–Trinajstić information content (AvgIpc) is 3.66. The largest absolute Gasteiger partial charge is 0.527 e. The van der Waals surface area contributed by atoms with Crippen LogP contribution in [0.15, 0.2) is 72.5 Å². The lowest BCUT2D eigenvalue weighted by molar-refractivity contribution is 1.32. The standard InChI is InChI=1S/C33H9N9/c1-37-23(12-36)25-21-14-41-8-5-18(21)26-30-24(16(10-34)11-35)20-13-40-7-4-17(20)27(30)32-28(31(25)26)19-6-9-42-15-22(19)29(32)33(38-2)39-3/h4-9,13-15H/b25-23-. The highest BCUT2D eigenvalue weighted by Crippen LogP contribution is 2.64. The molecule has 3 aliphatic carbocycles. The second-order valence-corrected chi connectivity index (χ2v) is 9.36. The van der Waals surface area contributed by atoms with E-state index < -0.39 is 0 Å². The Labute approximate surface area is 239 Å². The number of fused-ring (bicyclic) bond motifs is 12. The van der Waals surface area contributed by atoms with Crippen LogP contribution < -0.4 is 0 Å². The fourth-order valence-electron chi connectivity index (χ4n) is 6.30. The molecule has 0 aliphatic heterocycles. The minimum atomic E-state index is -0.174. The fraction of sp³-hybridized carbons (Fsp3) is 0. The SMILES string of the molecule is [C-]#[N+]C([N+]#[C-])=C1c2cnccc2-c2c1c1c(c3c2/C(=C(/C#N)[N+]#[C-])c2cnccc2-3)C(=C(C#N)C#N)c2cnccc2-1. The molecule has 0 fully saturated rings. The number of nitriles is 3. The van der Waals surface area contributed by atoms with Gasteiger partial charge in [0.05, 0.1) is 18.2 Å². The van der Waals surface area contributed by atoms with Crippen LogP contribution in [0.5, 0.6) is 0 Å². The van der Waals surface area contributed by atoms with Gasteiger partial charge in [-0.25, -0.2) is 10.1 Å². The van der Waals surface area contributed by atoms with Crippen LogP contribution in [-0.2, 0) is 0 Å². The van der Waals surface area contributed by atoms with Gasteiger partial charge < -0.3 is 0 Å². The summed E-state index contributed by atoms with van der Waals surface area (Å²) in [6.07, 6.45) is 9.61. The zero-order valence-electron chi connectivity index (χ0n) is 21.2. The molecule has 0 unspecified atom stereocenters. The van der Waals surface area contributed by atoms with Gasteiger partial charge in [-0.3, -0.25) is 15.0 Å². The van der Waals surface area contributed by atoms with Gasteiger partial charge in [0.1, 0.15) is 30.9 Å². The van der Waals surface area contributed by atoms with Gasteiger partial charge in [0.2, 0.25) is 0 Å². The summed E-state index contributed by atoms with van der Waals surface area (Å²) in [5.74, 6) is -0.174. The average molecular weight is 531 g/mol. The van der Waals surface area contributed by atoms with Gasteiger partial charge in [-0.2, -0.15) is 20.2 Å². The summed E-state index contributed by atoms with van der Waals surface area (Å²) in [6.45, 7) is 23.6. The van der Waals surface area contributed by atoms with E-state index >= 15 is 0 Å². The van der Waals surface area contributed by atoms with Crippen molar-refractivity contribution in [2.45, 2.75) is 0 Å². The molecule has 3 heterocycles. The topological polar surface area (TPSA) is 123 Å². The highest BCUT2D eigenvalue weighted by molar-refractivity contribution is 6.24. The Bertz CT molecular complexity index is 2030. The van der Waals surface area contributed by atoms with E-state index in [9.17, 15) is 15.8 Å². The van der Waals surface area contributed by atoms with Crippen LogP contribution in [0.2, 0.25) is 0 Å². The van der Waals surface area contributed by atoms with Gasteiger partial charge in [0, 0.05) is 65.0 Å². The normalized spacial score (nSPS) is 13.3. The van der Waals surface area contributed by atoms with Crippen LogP contribution in [0.3, 0.4) is 0 Å². The monoisotopic (exact) mass is 531 g/mol. The van der Waals surface area contributed by atoms with Gasteiger partial charge in [-0.05, 0) is 68.3 Å². The lowest BCUT2D eigenvalue weighted by Gasteiger charge is -2.18.